The SMILES string of the molecule is COC(C)(OC)N(c1c(C)ccc2ccccc12)C(C)CO. The van der Waals surface area contributed by atoms with Crippen LogP contribution in [0.2, 0.25) is 0 Å². The Morgan fingerprint density at radius 2 is 1.77 bits per heavy atom. The van der Waals surface area contributed by atoms with Gasteiger partial charge in [0.1, 0.15) is 0 Å². The van der Waals surface area contributed by atoms with Gasteiger partial charge in [0, 0.05) is 26.5 Å². The summed E-state index contributed by atoms with van der Waals surface area (Å²) in [5, 5.41) is 12.0. The monoisotopic (exact) mass is 303 g/mol. The van der Waals surface area contributed by atoms with Crippen LogP contribution in [0.1, 0.15) is 19.4 Å². The number of aliphatic hydroxyl groups excluding tert-OH is 1. The number of fused-ring (bicyclic) bond motifs is 1. The second-order valence-electron chi connectivity index (χ2n) is 5.66. The van der Waals surface area contributed by atoms with Crippen molar-refractivity contribution < 1.29 is 14.6 Å². The van der Waals surface area contributed by atoms with Crippen LogP contribution in [0.3, 0.4) is 0 Å². The van der Waals surface area contributed by atoms with Crippen LogP contribution in [0.5, 0.6) is 0 Å². The summed E-state index contributed by atoms with van der Waals surface area (Å²) in [5.41, 5.74) is 2.13. The predicted octanol–water partition coefficient (Wildman–Crippen LogP) is 3.30. The first kappa shape index (κ1) is 16.7. The molecule has 4 nitrogen and oxygen atoms in total. The molecule has 22 heavy (non-hydrogen) atoms. The molecule has 2 aromatic carbocycles. The molecule has 4 heteroatoms. The molecule has 0 amide bonds. The van der Waals surface area contributed by atoms with E-state index in [1.54, 1.807) is 14.2 Å². The van der Waals surface area contributed by atoms with Crippen molar-refractivity contribution in [2.24, 2.45) is 0 Å². The zero-order valence-corrected chi connectivity index (χ0v) is 14.0. The Kier molecular flexibility index (Phi) is 5.06. The zero-order chi connectivity index (χ0) is 16.3. The summed E-state index contributed by atoms with van der Waals surface area (Å²) in [6.45, 7) is 5.88. The molecule has 120 valence electrons. The summed E-state index contributed by atoms with van der Waals surface area (Å²) in [4.78, 5) is 2.00. The molecule has 0 spiro atoms. The van der Waals surface area contributed by atoms with E-state index in [9.17, 15) is 5.11 Å². The van der Waals surface area contributed by atoms with E-state index in [2.05, 4.69) is 31.2 Å². The van der Waals surface area contributed by atoms with Crippen molar-refractivity contribution >= 4 is 16.5 Å². The third-order valence-corrected chi connectivity index (χ3v) is 4.24. The van der Waals surface area contributed by atoms with Gasteiger partial charge in [0.15, 0.2) is 0 Å². The summed E-state index contributed by atoms with van der Waals surface area (Å²) in [6, 6.07) is 12.2. The van der Waals surface area contributed by atoms with Crippen LogP contribution in [-0.2, 0) is 9.47 Å². The topological polar surface area (TPSA) is 41.9 Å². The number of hydrogen-bond donors (Lipinski definition) is 1. The van der Waals surface area contributed by atoms with Crippen LogP contribution >= 0.6 is 0 Å². The Labute approximate surface area is 132 Å². The fourth-order valence-corrected chi connectivity index (χ4v) is 2.87. The first-order valence-corrected chi connectivity index (χ1v) is 7.47. The molecule has 1 unspecified atom stereocenters. The van der Waals surface area contributed by atoms with E-state index in [1.165, 1.54) is 0 Å². The van der Waals surface area contributed by atoms with Gasteiger partial charge < -0.3 is 19.5 Å². The summed E-state index contributed by atoms with van der Waals surface area (Å²) >= 11 is 0. The van der Waals surface area contributed by atoms with Crippen molar-refractivity contribution in [1.82, 2.24) is 0 Å². The highest BCUT2D eigenvalue weighted by atomic mass is 16.7. The molecule has 1 atom stereocenters. The molecular weight excluding hydrogens is 278 g/mol. The van der Waals surface area contributed by atoms with Crippen LogP contribution in [0.4, 0.5) is 5.69 Å². The third-order valence-electron chi connectivity index (χ3n) is 4.24. The first-order valence-electron chi connectivity index (χ1n) is 7.47. The Morgan fingerprint density at radius 1 is 1.14 bits per heavy atom. The van der Waals surface area contributed by atoms with Gasteiger partial charge in [-0.3, -0.25) is 0 Å². The van der Waals surface area contributed by atoms with Gasteiger partial charge in [0.2, 0.25) is 5.91 Å². The largest absolute Gasteiger partial charge is 0.394 e. The molecule has 1 N–H and O–H groups in total. The quantitative estimate of drug-likeness (QED) is 0.831. The van der Waals surface area contributed by atoms with Crippen molar-refractivity contribution in [1.29, 1.82) is 0 Å². The fraction of sp³-hybridized carbons (Fsp3) is 0.444. The second-order valence-corrected chi connectivity index (χ2v) is 5.66. The Hall–Kier alpha value is -1.62. The van der Waals surface area contributed by atoms with Gasteiger partial charge in [-0.2, -0.15) is 0 Å². The molecule has 0 saturated heterocycles. The van der Waals surface area contributed by atoms with Gasteiger partial charge in [-0.25, -0.2) is 0 Å². The van der Waals surface area contributed by atoms with E-state index >= 15 is 0 Å². The highest BCUT2D eigenvalue weighted by Gasteiger charge is 2.37. The van der Waals surface area contributed by atoms with Gasteiger partial charge in [0.25, 0.3) is 0 Å². The number of anilines is 1. The van der Waals surface area contributed by atoms with Crippen LogP contribution in [-0.4, -0.2) is 37.9 Å². The Morgan fingerprint density at radius 3 is 2.36 bits per heavy atom. The smallest absolute Gasteiger partial charge is 0.248 e. The molecule has 0 saturated carbocycles. The minimum Gasteiger partial charge on any atom is -0.394 e. The first-order chi connectivity index (χ1) is 10.5. The van der Waals surface area contributed by atoms with Gasteiger partial charge >= 0.3 is 0 Å². The van der Waals surface area contributed by atoms with Crippen molar-refractivity contribution in [3.8, 4) is 0 Å². The number of ether oxygens (including phenoxy) is 2. The fourth-order valence-electron chi connectivity index (χ4n) is 2.87. The number of aryl methyl sites for hydroxylation is 1. The minimum atomic E-state index is -0.961. The number of nitrogens with zero attached hydrogens (tertiary/aromatic N) is 1. The van der Waals surface area contributed by atoms with Gasteiger partial charge in [-0.1, -0.05) is 36.4 Å². The summed E-state index contributed by atoms with van der Waals surface area (Å²) < 4.78 is 11.2. The number of rotatable bonds is 6. The summed E-state index contributed by atoms with van der Waals surface area (Å²) in [5.74, 6) is -0.961. The zero-order valence-electron chi connectivity index (χ0n) is 14.0. The average molecular weight is 303 g/mol. The molecule has 0 radical (unpaired) electrons. The lowest BCUT2D eigenvalue weighted by molar-refractivity contribution is -0.197. The molecule has 0 aliphatic heterocycles. The molecule has 2 aromatic rings. The van der Waals surface area contributed by atoms with E-state index in [-0.39, 0.29) is 12.6 Å². The lowest BCUT2D eigenvalue weighted by atomic mass is 10.0. The Balaban J connectivity index is 2.74. The van der Waals surface area contributed by atoms with Gasteiger partial charge in [-0.15, -0.1) is 0 Å². The molecule has 0 aromatic heterocycles. The maximum Gasteiger partial charge on any atom is 0.248 e. The van der Waals surface area contributed by atoms with E-state index in [1.807, 2.05) is 30.9 Å². The van der Waals surface area contributed by atoms with Crippen LogP contribution in [0.15, 0.2) is 36.4 Å². The molecule has 0 bridgehead atoms. The van der Waals surface area contributed by atoms with Crippen LogP contribution in [0.25, 0.3) is 10.8 Å². The summed E-state index contributed by atoms with van der Waals surface area (Å²) in [6.07, 6.45) is 0. The lowest BCUT2D eigenvalue weighted by Crippen LogP contribution is -2.55. The van der Waals surface area contributed by atoms with Crippen molar-refractivity contribution in [3.63, 3.8) is 0 Å². The highest BCUT2D eigenvalue weighted by Crippen LogP contribution is 2.36. The molecule has 2 rings (SSSR count). The summed E-state index contributed by atoms with van der Waals surface area (Å²) in [7, 11) is 3.22. The molecule has 0 heterocycles. The normalized spacial score (nSPS) is 13.4. The number of hydrogen-bond acceptors (Lipinski definition) is 4. The van der Waals surface area contributed by atoms with Gasteiger partial charge in [0.05, 0.1) is 18.3 Å². The number of methoxy groups -OCH3 is 2. The molecule has 0 fully saturated rings. The van der Waals surface area contributed by atoms with Crippen LogP contribution < -0.4 is 4.90 Å². The predicted molar refractivity (Wildman–Crippen MR) is 90.1 cm³/mol. The van der Waals surface area contributed by atoms with E-state index < -0.39 is 5.91 Å². The molecular formula is C18H25NO3. The van der Waals surface area contributed by atoms with Gasteiger partial charge in [-0.05, 0) is 24.8 Å². The second kappa shape index (κ2) is 6.65. The Bertz CT molecular complexity index is 637. The highest BCUT2D eigenvalue weighted by molar-refractivity contribution is 5.96. The van der Waals surface area contributed by atoms with Crippen molar-refractivity contribution in [2.75, 3.05) is 25.7 Å². The van der Waals surface area contributed by atoms with E-state index in [0.717, 1.165) is 22.0 Å². The minimum absolute atomic E-state index is 0.00493. The molecule has 0 aliphatic carbocycles. The maximum atomic E-state index is 9.73. The third kappa shape index (κ3) is 2.82. The standard InChI is InChI=1S/C18H25NO3/c1-13-10-11-15-8-6-7-9-16(15)17(13)19(14(2)12-20)18(3,21-4)22-5/h6-11,14,20H,12H2,1-5H3. The number of aliphatic hydroxyl groups is 1. The van der Waals surface area contributed by atoms with Crippen molar-refractivity contribution in [2.45, 2.75) is 32.7 Å². The molecule has 0 aliphatic rings. The average Bonchev–Trinajstić information content (AvgIpc) is 2.56. The number of benzene rings is 2. The van der Waals surface area contributed by atoms with Crippen molar-refractivity contribution in [3.05, 3.63) is 42.0 Å². The lowest BCUT2D eigenvalue weighted by Gasteiger charge is -2.44. The van der Waals surface area contributed by atoms with E-state index in [0.29, 0.717) is 0 Å². The van der Waals surface area contributed by atoms with E-state index in [4.69, 9.17) is 9.47 Å². The maximum absolute atomic E-state index is 9.73. The van der Waals surface area contributed by atoms with Crippen LogP contribution in [0, 0.1) is 6.92 Å².